The smallest absolute Gasteiger partial charge is 0.305 e. The van der Waals surface area contributed by atoms with Crippen molar-refractivity contribution in [2.24, 2.45) is 0 Å². The molecule has 0 aromatic heterocycles. The lowest BCUT2D eigenvalue weighted by atomic mass is 10.2. The Labute approximate surface area is 62.6 Å². The molecule has 0 aromatic rings. The average molecular weight is 143 g/mol. The molecule has 0 bridgehead atoms. The van der Waals surface area contributed by atoms with Gasteiger partial charge in [-0.2, -0.15) is 0 Å². The SMILES string of the molecule is [CH2]CCCCC(=O)OCC. The van der Waals surface area contributed by atoms with Gasteiger partial charge in [-0.3, -0.25) is 4.79 Å². The lowest BCUT2D eigenvalue weighted by Crippen LogP contribution is -2.02. The van der Waals surface area contributed by atoms with Crippen molar-refractivity contribution in [3.05, 3.63) is 6.92 Å². The summed E-state index contributed by atoms with van der Waals surface area (Å²) in [7, 11) is 0. The molecule has 0 fully saturated rings. The van der Waals surface area contributed by atoms with Crippen LogP contribution in [0.25, 0.3) is 0 Å². The fraction of sp³-hybridized carbons (Fsp3) is 0.750. The summed E-state index contributed by atoms with van der Waals surface area (Å²) in [5.41, 5.74) is 0. The summed E-state index contributed by atoms with van der Waals surface area (Å²) >= 11 is 0. The third-order valence-electron chi connectivity index (χ3n) is 1.19. The zero-order chi connectivity index (χ0) is 7.82. The molecule has 0 aliphatic carbocycles. The third kappa shape index (κ3) is 5.60. The van der Waals surface area contributed by atoms with E-state index in [1.165, 1.54) is 0 Å². The molecule has 0 saturated carbocycles. The first kappa shape index (κ1) is 9.47. The Balaban J connectivity index is 3.05. The Hall–Kier alpha value is -0.530. The molecular formula is C8H15O2. The Morgan fingerprint density at radius 1 is 1.50 bits per heavy atom. The first-order chi connectivity index (χ1) is 4.81. The maximum atomic E-state index is 10.7. The molecule has 0 spiro atoms. The molecule has 1 radical (unpaired) electrons. The van der Waals surface area contributed by atoms with Gasteiger partial charge in [0.15, 0.2) is 0 Å². The van der Waals surface area contributed by atoms with Crippen molar-refractivity contribution in [3.63, 3.8) is 0 Å². The highest BCUT2D eigenvalue weighted by Crippen LogP contribution is 1.99. The largest absolute Gasteiger partial charge is 0.466 e. The molecule has 0 aromatic carbocycles. The number of rotatable bonds is 5. The van der Waals surface area contributed by atoms with Gasteiger partial charge >= 0.3 is 5.97 Å². The first-order valence-electron chi connectivity index (χ1n) is 3.76. The second-order valence-corrected chi connectivity index (χ2v) is 2.12. The number of carbonyl (C=O) groups excluding carboxylic acids is 1. The zero-order valence-electron chi connectivity index (χ0n) is 6.56. The van der Waals surface area contributed by atoms with Crippen molar-refractivity contribution in [1.29, 1.82) is 0 Å². The van der Waals surface area contributed by atoms with Gasteiger partial charge < -0.3 is 4.74 Å². The number of esters is 1. The average Bonchev–Trinajstić information content (AvgIpc) is 1.89. The minimum Gasteiger partial charge on any atom is -0.466 e. The van der Waals surface area contributed by atoms with Crippen LogP contribution in [0, 0.1) is 6.92 Å². The molecule has 0 rings (SSSR count). The van der Waals surface area contributed by atoms with Gasteiger partial charge in [0, 0.05) is 6.42 Å². The minimum absolute atomic E-state index is 0.0871. The van der Waals surface area contributed by atoms with Crippen LogP contribution >= 0.6 is 0 Å². The summed E-state index contributed by atoms with van der Waals surface area (Å²) in [4.78, 5) is 10.7. The van der Waals surface area contributed by atoms with Crippen molar-refractivity contribution >= 4 is 5.97 Å². The van der Waals surface area contributed by atoms with Crippen molar-refractivity contribution in [2.45, 2.75) is 32.6 Å². The maximum Gasteiger partial charge on any atom is 0.305 e. The van der Waals surface area contributed by atoms with Gasteiger partial charge in [0.1, 0.15) is 0 Å². The highest BCUT2D eigenvalue weighted by atomic mass is 16.5. The summed E-state index contributed by atoms with van der Waals surface area (Å²) in [5, 5.41) is 0. The summed E-state index contributed by atoms with van der Waals surface area (Å²) in [6.07, 6.45) is 3.36. The van der Waals surface area contributed by atoms with Crippen LogP contribution in [0.4, 0.5) is 0 Å². The van der Waals surface area contributed by atoms with Crippen LogP contribution in [0.2, 0.25) is 0 Å². The fourth-order valence-electron chi connectivity index (χ4n) is 0.679. The van der Waals surface area contributed by atoms with Crippen molar-refractivity contribution < 1.29 is 9.53 Å². The topological polar surface area (TPSA) is 26.3 Å². The standard InChI is InChI=1S/C8H15O2/c1-3-5-6-7-8(9)10-4-2/h1,3-7H2,2H3. The molecule has 2 nitrogen and oxygen atoms in total. The number of ether oxygens (including phenoxy) is 1. The molecule has 59 valence electrons. The predicted octanol–water partition coefficient (Wildman–Crippen LogP) is 1.94. The highest BCUT2D eigenvalue weighted by molar-refractivity contribution is 5.69. The zero-order valence-corrected chi connectivity index (χ0v) is 6.56. The molecule has 10 heavy (non-hydrogen) atoms. The van der Waals surface area contributed by atoms with Crippen LogP contribution in [-0.2, 0) is 9.53 Å². The van der Waals surface area contributed by atoms with E-state index in [1.54, 1.807) is 0 Å². The summed E-state index contributed by atoms with van der Waals surface area (Å²) in [6, 6.07) is 0. The summed E-state index contributed by atoms with van der Waals surface area (Å²) < 4.78 is 4.73. The lowest BCUT2D eigenvalue weighted by molar-refractivity contribution is -0.143. The molecule has 0 amide bonds. The number of carbonyl (C=O) groups is 1. The monoisotopic (exact) mass is 143 g/mol. The highest BCUT2D eigenvalue weighted by Gasteiger charge is 1.98. The van der Waals surface area contributed by atoms with Gasteiger partial charge in [-0.05, 0) is 13.3 Å². The Morgan fingerprint density at radius 3 is 2.70 bits per heavy atom. The van der Waals surface area contributed by atoms with Gasteiger partial charge in [0.25, 0.3) is 0 Å². The normalized spacial score (nSPS) is 9.40. The van der Waals surface area contributed by atoms with Crippen LogP contribution in [0.5, 0.6) is 0 Å². The third-order valence-corrected chi connectivity index (χ3v) is 1.19. The van der Waals surface area contributed by atoms with Crippen LogP contribution in [-0.4, -0.2) is 12.6 Å². The molecule has 2 heteroatoms. The number of unbranched alkanes of at least 4 members (excludes halogenated alkanes) is 2. The van der Waals surface area contributed by atoms with Crippen LogP contribution in [0.3, 0.4) is 0 Å². The second-order valence-electron chi connectivity index (χ2n) is 2.12. The first-order valence-corrected chi connectivity index (χ1v) is 3.76. The van der Waals surface area contributed by atoms with E-state index in [0.717, 1.165) is 19.3 Å². The lowest BCUT2D eigenvalue weighted by Gasteiger charge is -1.99. The maximum absolute atomic E-state index is 10.7. The Kier molecular flexibility index (Phi) is 6.24. The van der Waals surface area contributed by atoms with Crippen molar-refractivity contribution in [1.82, 2.24) is 0 Å². The van der Waals surface area contributed by atoms with E-state index >= 15 is 0 Å². The van der Waals surface area contributed by atoms with Crippen LogP contribution < -0.4 is 0 Å². The molecule has 0 unspecified atom stereocenters. The molecule has 0 aliphatic rings. The predicted molar refractivity (Wildman–Crippen MR) is 40.5 cm³/mol. The van der Waals surface area contributed by atoms with Gasteiger partial charge in [-0.15, -0.1) is 0 Å². The van der Waals surface area contributed by atoms with E-state index in [4.69, 9.17) is 4.74 Å². The van der Waals surface area contributed by atoms with E-state index in [0.29, 0.717) is 13.0 Å². The molecule has 0 heterocycles. The number of hydrogen-bond donors (Lipinski definition) is 0. The minimum atomic E-state index is -0.0871. The molecule has 0 atom stereocenters. The fourth-order valence-corrected chi connectivity index (χ4v) is 0.679. The van der Waals surface area contributed by atoms with Crippen molar-refractivity contribution in [2.75, 3.05) is 6.61 Å². The van der Waals surface area contributed by atoms with Gasteiger partial charge in [-0.1, -0.05) is 19.8 Å². The van der Waals surface area contributed by atoms with Gasteiger partial charge in [0.2, 0.25) is 0 Å². The van der Waals surface area contributed by atoms with Gasteiger partial charge in [0.05, 0.1) is 6.61 Å². The van der Waals surface area contributed by atoms with E-state index < -0.39 is 0 Å². The Morgan fingerprint density at radius 2 is 2.20 bits per heavy atom. The van der Waals surface area contributed by atoms with Crippen molar-refractivity contribution in [3.8, 4) is 0 Å². The molecule has 0 saturated heterocycles. The quantitative estimate of drug-likeness (QED) is 0.434. The van der Waals surface area contributed by atoms with E-state index in [-0.39, 0.29) is 5.97 Å². The summed E-state index contributed by atoms with van der Waals surface area (Å²) in [5.74, 6) is -0.0871. The number of hydrogen-bond acceptors (Lipinski definition) is 2. The second kappa shape index (κ2) is 6.59. The summed E-state index contributed by atoms with van der Waals surface area (Å²) in [6.45, 7) is 5.98. The van der Waals surface area contributed by atoms with E-state index in [1.807, 2.05) is 6.92 Å². The molecule has 0 aliphatic heterocycles. The van der Waals surface area contributed by atoms with Crippen LogP contribution in [0.1, 0.15) is 32.6 Å². The van der Waals surface area contributed by atoms with Crippen LogP contribution in [0.15, 0.2) is 0 Å². The Bertz CT molecular complexity index is 89.3. The van der Waals surface area contributed by atoms with E-state index in [9.17, 15) is 4.79 Å². The molecular weight excluding hydrogens is 128 g/mol. The molecule has 0 N–H and O–H groups in total. The van der Waals surface area contributed by atoms with E-state index in [2.05, 4.69) is 6.92 Å². The van der Waals surface area contributed by atoms with Gasteiger partial charge in [-0.25, -0.2) is 0 Å².